The van der Waals surface area contributed by atoms with E-state index in [1.807, 2.05) is 13.0 Å². The smallest absolute Gasteiger partial charge is 0.272 e. The molecular weight excluding hydrogens is 186 g/mol. The maximum atomic E-state index is 11.9. The molecule has 0 saturated carbocycles. The van der Waals surface area contributed by atoms with E-state index in [0.29, 0.717) is 5.75 Å². The zero-order chi connectivity index (χ0) is 10.6. The van der Waals surface area contributed by atoms with Crippen molar-refractivity contribution in [2.45, 2.75) is 13.3 Å². The van der Waals surface area contributed by atoms with Gasteiger partial charge in [0.15, 0.2) is 0 Å². The van der Waals surface area contributed by atoms with Gasteiger partial charge in [0.25, 0.3) is 6.43 Å². The maximum Gasteiger partial charge on any atom is 0.272 e. The van der Waals surface area contributed by atoms with Crippen LogP contribution in [0.2, 0.25) is 0 Å². The van der Waals surface area contributed by atoms with E-state index in [1.54, 1.807) is 18.2 Å². The topological polar surface area (TPSA) is 9.23 Å². The van der Waals surface area contributed by atoms with Crippen LogP contribution in [-0.2, 0) is 0 Å². The van der Waals surface area contributed by atoms with E-state index < -0.39 is 13.0 Å². The highest BCUT2D eigenvalue weighted by Gasteiger charge is 2.04. The first-order valence-corrected chi connectivity index (χ1v) is 4.27. The Labute approximate surface area is 82.0 Å². The van der Waals surface area contributed by atoms with Crippen LogP contribution in [0.15, 0.2) is 24.8 Å². The lowest BCUT2D eigenvalue weighted by molar-refractivity contribution is 0.0818. The minimum Gasteiger partial charge on any atom is -0.488 e. The summed E-state index contributed by atoms with van der Waals surface area (Å²) in [4.78, 5) is 0. The number of hydrogen-bond acceptors (Lipinski definition) is 1. The summed E-state index contributed by atoms with van der Waals surface area (Å²) in [6, 6.07) is 5.31. The maximum absolute atomic E-state index is 11.9. The van der Waals surface area contributed by atoms with Gasteiger partial charge >= 0.3 is 0 Å². The molecule has 0 heterocycles. The molecule has 0 aliphatic rings. The van der Waals surface area contributed by atoms with Gasteiger partial charge in [0.05, 0.1) is 0 Å². The third kappa shape index (κ3) is 3.17. The predicted octanol–water partition coefficient (Wildman–Crippen LogP) is 3.28. The first-order valence-electron chi connectivity index (χ1n) is 4.27. The fraction of sp³-hybridized carbons (Fsp3) is 0.273. The number of alkyl halides is 2. The van der Waals surface area contributed by atoms with Gasteiger partial charge in [0.1, 0.15) is 12.4 Å². The van der Waals surface area contributed by atoms with E-state index in [0.717, 1.165) is 11.1 Å². The van der Waals surface area contributed by atoms with Crippen molar-refractivity contribution >= 4 is 6.08 Å². The Morgan fingerprint density at radius 1 is 1.43 bits per heavy atom. The number of benzene rings is 1. The molecule has 0 radical (unpaired) electrons. The third-order valence-corrected chi connectivity index (χ3v) is 1.68. The quantitative estimate of drug-likeness (QED) is 0.721. The van der Waals surface area contributed by atoms with Crippen molar-refractivity contribution in [2.24, 2.45) is 0 Å². The molecule has 3 heteroatoms. The van der Waals surface area contributed by atoms with Gasteiger partial charge < -0.3 is 4.74 Å². The molecule has 1 nitrogen and oxygen atoms in total. The lowest BCUT2D eigenvalue weighted by Gasteiger charge is -2.07. The normalized spacial score (nSPS) is 10.3. The second kappa shape index (κ2) is 4.74. The van der Waals surface area contributed by atoms with Crippen LogP contribution in [0.4, 0.5) is 8.78 Å². The SMILES string of the molecule is C=Cc1cc(C)cc(OCC(F)F)c1. The first kappa shape index (κ1) is 10.7. The van der Waals surface area contributed by atoms with Crippen LogP contribution in [0.25, 0.3) is 6.08 Å². The monoisotopic (exact) mass is 198 g/mol. The second-order valence-corrected chi connectivity index (χ2v) is 2.99. The molecule has 0 aromatic heterocycles. The summed E-state index contributed by atoms with van der Waals surface area (Å²) in [5.41, 5.74) is 1.83. The Kier molecular flexibility index (Phi) is 3.63. The van der Waals surface area contributed by atoms with Crippen molar-refractivity contribution in [3.05, 3.63) is 35.9 Å². The number of ether oxygens (including phenoxy) is 1. The minimum absolute atomic E-state index is 0.459. The molecule has 0 atom stereocenters. The largest absolute Gasteiger partial charge is 0.488 e. The van der Waals surface area contributed by atoms with Crippen LogP contribution >= 0.6 is 0 Å². The highest BCUT2D eigenvalue weighted by atomic mass is 19.3. The van der Waals surface area contributed by atoms with E-state index in [4.69, 9.17) is 4.74 Å². The fourth-order valence-corrected chi connectivity index (χ4v) is 1.14. The standard InChI is InChI=1S/C11H12F2O/c1-3-9-4-8(2)5-10(6-9)14-7-11(12)13/h3-6,11H,1,7H2,2H3. The Morgan fingerprint density at radius 2 is 2.14 bits per heavy atom. The third-order valence-electron chi connectivity index (χ3n) is 1.68. The average molecular weight is 198 g/mol. The molecule has 0 fully saturated rings. The molecule has 0 N–H and O–H groups in total. The molecule has 1 aromatic carbocycles. The molecule has 1 aromatic rings. The summed E-state index contributed by atoms with van der Waals surface area (Å²) in [5, 5.41) is 0. The van der Waals surface area contributed by atoms with E-state index in [1.165, 1.54) is 0 Å². The van der Waals surface area contributed by atoms with Crippen molar-refractivity contribution in [3.8, 4) is 5.75 Å². The summed E-state index contributed by atoms with van der Waals surface area (Å²) in [6.45, 7) is 4.91. The van der Waals surface area contributed by atoms with Crippen molar-refractivity contribution in [2.75, 3.05) is 6.61 Å². The lowest BCUT2D eigenvalue weighted by Crippen LogP contribution is -2.07. The Hall–Kier alpha value is -1.38. The number of aryl methyl sites for hydroxylation is 1. The van der Waals surface area contributed by atoms with E-state index >= 15 is 0 Å². The number of halogens is 2. The van der Waals surface area contributed by atoms with Gasteiger partial charge in [-0.2, -0.15) is 0 Å². The predicted molar refractivity (Wildman–Crippen MR) is 52.8 cm³/mol. The van der Waals surface area contributed by atoms with Crippen LogP contribution in [0, 0.1) is 6.92 Å². The summed E-state index contributed by atoms with van der Waals surface area (Å²) in [7, 11) is 0. The molecule has 1 rings (SSSR count). The van der Waals surface area contributed by atoms with Crippen molar-refractivity contribution in [1.82, 2.24) is 0 Å². The van der Waals surface area contributed by atoms with Gasteiger partial charge in [0, 0.05) is 0 Å². The first-order chi connectivity index (χ1) is 6.61. The molecule has 0 bridgehead atoms. The van der Waals surface area contributed by atoms with Crippen molar-refractivity contribution in [1.29, 1.82) is 0 Å². The van der Waals surface area contributed by atoms with Crippen molar-refractivity contribution in [3.63, 3.8) is 0 Å². The zero-order valence-corrected chi connectivity index (χ0v) is 7.97. The van der Waals surface area contributed by atoms with Crippen LogP contribution in [-0.4, -0.2) is 13.0 Å². The zero-order valence-electron chi connectivity index (χ0n) is 7.97. The van der Waals surface area contributed by atoms with Gasteiger partial charge in [-0.3, -0.25) is 0 Å². The average Bonchev–Trinajstić information content (AvgIpc) is 2.14. The fourth-order valence-electron chi connectivity index (χ4n) is 1.14. The minimum atomic E-state index is -2.44. The van der Waals surface area contributed by atoms with Gasteiger partial charge in [-0.05, 0) is 30.2 Å². The molecule has 0 spiro atoms. The summed E-state index contributed by atoms with van der Waals surface area (Å²) in [6.07, 6.45) is -0.787. The van der Waals surface area contributed by atoms with Gasteiger partial charge in [-0.25, -0.2) is 8.78 Å². The summed E-state index contributed by atoms with van der Waals surface area (Å²) >= 11 is 0. The van der Waals surface area contributed by atoms with E-state index in [2.05, 4.69) is 6.58 Å². The van der Waals surface area contributed by atoms with Crippen molar-refractivity contribution < 1.29 is 13.5 Å². The Balaban J connectivity index is 2.76. The van der Waals surface area contributed by atoms with Crippen LogP contribution in [0.3, 0.4) is 0 Å². The molecule has 0 unspecified atom stereocenters. The Morgan fingerprint density at radius 3 is 2.71 bits per heavy atom. The summed E-state index contributed by atoms with van der Waals surface area (Å²) in [5.74, 6) is 0.459. The van der Waals surface area contributed by atoms with E-state index in [-0.39, 0.29) is 0 Å². The Bertz CT molecular complexity index is 321. The molecule has 0 aliphatic heterocycles. The summed E-state index contributed by atoms with van der Waals surface area (Å²) < 4.78 is 28.6. The van der Waals surface area contributed by atoms with Crippen LogP contribution < -0.4 is 4.74 Å². The molecule has 0 saturated heterocycles. The van der Waals surface area contributed by atoms with Crippen LogP contribution in [0.5, 0.6) is 5.75 Å². The van der Waals surface area contributed by atoms with Gasteiger partial charge in [-0.15, -0.1) is 0 Å². The molecule has 0 aliphatic carbocycles. The number of rotatable bonds is 4. The molecular formula is C11H12F2O. The highest BCUT2D eigenvalue weighted by molar-refractivity contribution is 5.51. The van der Waals surface area contributed by atoms with E-state index in [9.17, 15) is 8.78 Å². The lowest BCUT2D eigenvalue weighted by atomic mass is 10.1. The number of hydrogen-bond donors (Lipinski definition) is 0. The molecule has 76 valence electrons. The van der Waals surface area contributed by atoms with Gasteiger partial charge in [-0.1, -0.05) is 18.7 Å². The van der Waals surface area contributed by atoms with Gasteiger partial charge in [0.2, 0.25) is 0 Å². The highest BCUT2D eigenvalue weighted by Crippen LogP contribution is 2.18. The van der Waals surface area contributed by atoms with Crippen LogP contribution in [0.1, 0.15) is 11.1 Å². The second-order valence-electron chi connectivity index (χ2n) is 2.99. The molecule has 14 heavy (non-hydrogen) atoms. The molecule has 0 amide bonds.